The van der Waals surface area contributed by atoms with Crippen LogP contribution in [0.1, 0.15) is 15.9 Å². The van der Waals surface area contributed by atoms with Crippen molar-refractivity contribution in [2.75, 3.05) is 58.1 Å². The van der Waals surface area contributed by atoms with Crippen molar-refractivity contribution in [3.63, 3.8) is 0 Å². The van der Waals surface area contributed by atoms with Gasteiger partial charge in [0.05, 0.1) is 41.1 Å². The molecule has 0 bridgehead atoms. The van der Waals surface area contributed by atoms with Crippen molar-refractivity contribution in [2.24, 2.45) is 10.7 Å². The number of nitrogen functional groups attached to an aromatic ring is 1. The summed E-state index contributed by atoms with van der Waals surface area (Å²) in [5.74, 6) is 0.968. The Morgan fingerprint density at radius 3 is 2.22 bits per heavy atom. The zero-order chi connectivity index (χ0) is 26.7. The second-order valence-electron chi connectivity index (χ2n) is 8.41. The van der Waals surface area contributed by atoms with Gasteiger partial charge in [0.1, 0.15) is 29.0 Å². The highest BCUT2D eigenvalue weighted by Gasteiger charge is 2.21. The van der Waals surface area contributed by atoms with Gasteiger partial charge in [-0.25, -0.2) is 9.97 Å². The van der Waals surface area contributed by atoms with E-state index in [9.17, 15) is 4.79 Å². The zero-order valence-corrected chi connectivity index (χ0v) is 22.2. The summed E-state index contributed by atoms with van der Waals surface area (Å²) in [7, 11) is 5.05. The predicted octanol–water partition coefficient (Wildman–Crippen LogP) is 3.35. The number of methoxy groups -OCH3 is 2. The number of hydrogen-bond acceptors (Lipinski definition) is 8. The molecule has 12 heteroatoms. The standard InChI is InChI=1S/C25H27Cl2N7O3/c1-33-8-10-34(11-9-33)19-7-4-14(13-30-19)25(35)32-24(29)15-5-6-16(31-23(15)28)20-21(26)17(36-2)12-18(37-3)22(20)27/h4-7,12-13H,8-11H2,1-3H3,(H2,28,31)(H2,29,32,35). The van der Waals surface area contributed by atoms with Crippen LogP contribution >= 0.6 is 23.2 Å². The van der Waals surface area contributed by atoms with E-state index in [4.69, 9.17) is 44.1 Å². The summed E-state index contributed by atoms with van der Waals surface area (Å²) < 4.78 is 10.6. The van der Waals surface area contributed by atoms with Gasteiger partial charge in [-0.1, -0.05) is 23.2 Å². The van der Waals surface area contributed by atoms with Crippen LogP contribution in [0.4, 0.5) is 11.6 Å². The number of rotatable bonds is 6. The topological polar surface area (TPSA) is 132 Å². The largest absolute Gasteiger partial charge is 0.495 e. The molecule has 10 nitrogen and oxygen atoms in total. The van der Waals surface area contributed by atoms with Crippen LogP contribution in [-0.2, 0) is 0 Å². The number of likely N-dealkylation sites (N-methyl/N-ethyl adjacent to an activating group) is 1. The fourth-order valence-electron chi connectivity index (χ4n) is 3.91. The van der Waals surface area contributed by atoms with Crippen LogP contribution in [0.25, 0.3) is 11.3 Å². The van der Waals surface area contributed by atoms with E-state index in [-0.39, 0.29) is 21.7 Å². The number of aromatic nitrogens is 2. The molecule has 1 aliphatic rings. The third kappa shape index (κ3) is 5.56. The number of amidine groups is 1. The third-order valence-corrected chi connectivity index (χ3v) is 6.83. The van der Waals surface area contributed by atoms with Crippen LogP contribution in [0.3, 0.4) is 0 Å². The van der Waals surface area contributed by atoms with Gasteiger partial charge < -0.3 is 30.7 Å². The minimum absolute atomic E-state index is 0.0454. The predicted molar refractivity (Wildman–Crippen MR) is 146 cm³/mol. The molecule has 37 heavy (non-hydrogen) atoms. The average molecular weight is 544 g/mol. The number of ether oxygens (including phenoxy) is 2. The summed E-state index contributed by atoms with van der Waals surface area (Å²) in [6.45, 7) is 3.68. The number of nitrogens with two attached hydrogens (primary N) is 2. The highest BCUT2D eigenvalue weighted by molar-refractivity contribution is 6.41. The van der Waals surface area contributed by atoms with E-state index in [1.54, 1.807) is 24.3 Å². The summed E-state index contributed by atoms with van der Waals surface area (Å²) in [5.41, 5.74) is 13.7. The van der Waals surface area contributed by atoms with Crippen LogP contribution in [-0.4, -0.2) is 74.1 Å². The van der Waals surface area contributed by atoms with Gasteiger partial charge in [-0.05, 0) is 31.3 Å². The van der Waals surface area contributed by atoms with E-state index in [0.29, 0.717) is 33.9 Å². The first-order valence-electron chi connectivity index (χ1n) is 11.4. The van der Waals surface area contributed by atoms with Crippen molar-refractivity contribution in [2.45, 2.75) is 0 Å². The fourth-order valence-corrected chi connectivity index (χ4v) is 4.60. The van der Waals surface area contributed by atoms with Gasteiger partial charge in [-0.2, -0.15) is 4.99 Å². The number of carbonyl (C=O) groups excluding carboxylic acids is 1. The van der Waals surface area contributed by atoms with Gasteiger partial charge >= 0.3 is 0 Å². The molecule has 0 aliphatic carbocycles. The first-order valence-corrected chi connectivity index (χ1v) is 12.1. The molecule has 0 atom stereocenters. The molecule has 3 heterocycles. The lowest BCUT2D eigenvalue weighted by Gasteiger charge is -2.33. The SMILES string of the molecule is COc1cc(OC)c(Cl)c(-c2ccc(C(N)=NC(=O)c3ccc(N4CCN(C)CC4)nc3)c(N)n2)c1Cl. The van der Waals surface area contributed by atoms with Crippen molar-refractivity contribution in [3.8, 4) is 22.8 Å². The average Bonchev–Trinajstić information content (AvgIpc) is 2.89. The van der Waals surface area contributed by atoms with Gasteiger partial charge in [-0.3, -0.25) is 4.79 Å². The molecule has 1 aliphatic heterocycles. The molecule has 1 aromatic carbocycles. The smallest absolute Gasteiger partial charge is 0.280 e. The molecule has 4 N–H and O–H groups in total. The minimum Gasteiger partial charge on any atom is -0.495 e. The number of anilines is 2. The molecule has 194 valence electrons. The lowest BCUT2D eigenvalue weighted by molar-refractivity contribution is 0.100. The number of aliphatic imine (C=N–C) groups is 1. The molecule has 1 amide bonds. The van der Waals surface area contributed by atoms with Crippen LogP contribution < -0.4 is 25.8 Å². The van der Waals surface area contributed by atoms with Crippen LogP contribution in [0.2, 0.25) is 10.0 Å². The molecule has 2 aromatic heterocycles. The fraction of sp³-hybridized carbons (Fsp3) is 0.280. The first-order chi connectivity index (χ1) is 17.7. The number of benzene rings is 1. The lowest BCUT2D eigenvalue weighted by atomic mass is 10.1. The zero-order valence-electron chi connectivity index (χ0n) is 20.7. The van der Waals surface area contributed by atoms with Crippen LogP contribution in [0, 0.1) is 0 Å². The van der Waals surface area contributed by atoms with E-state index in [1.165, 1.54) is 20.4 Å². The molecule has 1 saturated heterocycles. The third-order valence-electron chi connectivity index (χ3n) is 6.07. The van der Waals surface area contributed by atoms with E-state index >= 15 is 0 Å². The minimum atomic E-state index is -0.540. The number of carbonyl (C=O) groups is 1. The molecule has 0 spiro atoms. The van der Waals surface area contributed by atoms with Gasteiger partial charge in [0.15, 0.2) is 0 Å². The maximum Gasteiger partial charge on any atom is 0.280 e. The molecular weight excluding hydrogens is 517 g/mol. The quantitative estimate of drug-likeness (QED) is 0.354. The summed E-state index contributed by atoms with van der Waals surface area (Å²) in [4.78, 5) is 30.0. The van der Waals surface area contributed by atoms with Crippen molar-refractivity contribution in [3.05, 3.63) is 57.7 Å². The molecular formula is C25H27Cl2N7O3. The molecule has 0 unspecified atom stereocenters. The summed E-state index contributed by atoms with van der Waals surface area (Å²) in [6, 6.07) is 8.29. The van der Waals surface area contributed by atoms with E-state index in [2.05, 4.69) is 31.8 Å². The number of hydrogen-bond donors (Lipinski definition) is 2. The highest BCUT2D eigenvalue weighted by Crippen LogP contribution is 2.45. The normalized spacial score (nSPS) is 14.5. The summed E-state index contributed by atoms with van der Waals surface area (Å²) >= 11 is 13.0. The van der Waals surface area contributed by atoms with E-state index in [1.807, 2.05) is 6.07 Å². The molecule has 3 aromatic rings. The Balaban J connectivity index is 1.57. The monoisotopic (exact) mass is 543 g/mol. The summed E-state index contributed by atoms with van der Waals surface area (Å²) in [6.07, 6.45) is 1.50. The second kappa shape index (κ2) is 11.2. The number of pyridine rings is 2. The first kappa shape index (κ1) is 26.5. The van der Waals surface area contributed by atoms with Crippen molar-refractivity contribution >= 4 is 46.6 Å². The Morgan fingerprint density at radius 1 is 1.03 bits per heavy atom. The lowest BCUT2D eigenvalue weighted by Crippen LogP contribution is -2.44. The number of amides is 1. The summed E-state index contributed by atoms with van der Waals surface area (Å²) in [5, 5.41) is 0.495. The van der Waals surface area contributed by atoms with Crippen LogP contribution in [0.15, 0.2) is 41.5 Å². The van der Waals surface area contributed by atoms with Gasteiger partial charge in [0.25, 0.3) is 5.91 Å². The van der Waals surface area contributed by atoms with Gasteiger partial charge in [-0.15, -0.1) is 0 Å². The molecule has 1 fully saturated rings. The number of halogens is 2. The molecule has 0 saturated carbocycles. The van der Waals surface area contributed by atoms with Crippen molar-refractivity contribution < 1.29 is 14.3 Å². The molecule has 0 radical (unpaired) electrons. The van der Waals surface area contributed by atoms with Crippen molar-refractivity contribution in [1.82, 2.24) is 14.9 Å². The molecule has 4 rings (SSSR count). The van der Waals surface area contributed by atoms with Crippen molar-refractivity contribution in [1.29, 1.82) is 0 Å². The second-order valence-corrected chi connectivity index (χ2v) is 9.17. The Kier molecular flexibility index (Phi) is 8.01. The number of nitrogens with zero attached hydrogens (tertiary/aromatic N) is 5. The van der Waals surface area contributed by atoms with Gasteiger partial charge in [0, 0.05) is 44.0 Å². The number of piperazine rings is 1. The van der Waals surface area contributed by atoms with E-state index in [0.717, 1.165) is 32.0 Å². The van der Waals surface area contributed by atoms with Gasteiger partial charge in [0.2, 0.25) is 0 Å². The van der Waals surface area contributed by atoms with E-state index < -0.39 is 5.91 Å². The Bertz CT molecular complexity index is 1310. The maximum absolute atomic E-state index is 12.7. The highest BCUT2D eigenvalue weighted by atomic mass is 35.5. The van der Waals surface area contributed by atoms with Crippen LogP contribution in [0.5, 0.6) is 11.5 Å². The Hall–Kier alpha value is -3.60. The Morgan fingerprint density at radius 2 is 1.68 bits per heavy atom. The maximum atomic E-state index is 12.7. The Labute approximate surface area is 224 Å².